The number of rotatable bonds is 1. The quantitative estimate of drug-likeness (QED) is 0.794. The van der Waals surface area contributed by atoms with E-state index in [0.29, 0.717) is 6.42 Å². The Bertz CT molecular complexity index is 595. The molecule has 2 aromatic rings. The molecule has 0 bridgehead atoms. The normalized spacial score (nSPS) is 14.5. The van der Waals surface area contributed by atoms with Crippen LogP contribution in [0.5, 0.6) is 5.75 Å². The van der Waals surface area contributed by atoms with Gasteiger partial charge < -0.3 is 9.72 Å². The topological polar surface area (TPSA) is 42.1 Å². The van der Waals surface area contributed by atoms with Gasteiger partial charge in [-0.15, -0.1) is 0 Å². The number of Topliss-reactive ketones (excluding diaryl/α,β-unsaturated/α-hetero) is 1. The number of fused-ring (bicyclic) bond motifs is 3. The van der Waals surface area contributed by atoms with Crippen molar-refractivity contribution in [1.29, 1.82) is 0 Å². The number of benzene rings is 1. The number of aryl methyl sites for hydroxylation is 2. The molecule has 0 unspecified atom stereocenters. The summed E-state index contributed by atoms with van der Waals surface area (Å²) in [5, 5.41) is 1.09. The molecule has 0 fully saturated rings. The second-order valence-corrected chi connectivity index (χ2v) is 4.24. The monoisotopic (exact) mass is 215 g/mol. The number of ketones is 1. The van der Waals surface area contributed by atoms with Crippen LogP contribution < -0.4 is 4.74 Å². The third-order valence-electron chi connectivity index (χ3n) is 3.33. The Morgan fingerprint density at radius 2 is 2.12 bits per heavy atom. The average molecular weight is 215 g/mol. The van der Waals surface area contributed by atoms with Crippen LogP contribution in [0.1, 0.15) is 28.0 Å². The molecular formula is C13H13NO2. The van der Waals surface area contributed by atoms with E-state index in [9.17, 15) is 4.79 Å². The summed E-state index contributed by atoms with van der Waals surface area (Å²) in [6, 6.07) is 3.98. The van der Waals surface area contributed by atoms with Crippen molar-refractivity contribution in [2.45, 2.75) is 19.8 Å². The van der Waals surface area contributed by atoms with E-state index in [1.165, 1.54) is 0 Å². The van der Waals surface area contributed by atoms with E-state index in [1.54, 1.807) is 7.11 Å². The molecule has 0 atom stereocenters. The van der Waals surface area contributed by atoms with Crippen LogP contribution in [0.25, 0.3) is 10.9 Å². The van der Waals surface area contributed by atoms with Gasteiger partial charge in [0.05, 0.1) is 18.3 Å². The SMILES string of the molecule is COc1ccc(C)c2[nH]c3c(c12)CCC3=O. The van der Waals surface area contributed by atoms with Crippen molar-refractivity contribution in [1.82, 2.24) is 4.98 Å². The van der Waals surface area contributed by atoms with Crippen LogP contribution in [0.2, 0.25) is 0 Å². The van der Waals surface area contributed by atoms with Gasteiger partial charge in [-0.2, -0.15) is 0 Å². The summed E-state index contributed by atoms with van der Waals surface area (Å²) in [7, 11) is 1.67. The predicted molar refractivity (Wildman–Crippen MR) is 62.2 cm³/mol. The van der Waals surface area contributed by atoms with E-state index in [-0.39, 0.29) is 5.78 Å². The summed E-state index contributed by atoms with van der Waals surface area (Å²) in [5.41, 5.74) is 4.10. The van der Waals surface area contributed by atoms with Crippen LogP contribution in [-0.4, -0.2) is 17.9 Å². The molecule has 1 N–H and O–H groups in total. The first kappa shape index (κ1) is 9.46. The smallest absolute Gasteiger partial charge is 0.179 e. The summed E-state index contributed by atoms with van der Waals surface area (Å²) in [5.74, 6) is 1.07. The van der Waals surface area contributed by atoms with Gasteiger partial charge in [0.15, 0.2) is 5.78 Å². The molecule has 3 rings (SSSR count). The summed E-state index contributed by atoms with van der Waals surface area (Å²) in [4.78, 5) is 14.9. The van der Waals surface area contributed by atoms with Crippen LogP contribution in [-0.2, 0) is 6.42 Å². The lowest BCUT2D eigenvalue weighted by Crippen LogP contribution is -1.91. The predicted octanol–water partition coefficient (Wildman–Crippen LogP) is 2.61. The molecule has 82 valence electrons. The van der Waals surface area contributed by atoms with Crippen LogP contribution in [0, 0.1) is 6.92 Å². The highest BCUT2D eigenvalue weighted by Crippen LogP contribution is 2.37. The van der Waals surface area contributed by atoms with Crippen LogP contribution in [0.3, 0.4) is 0 Å². The van der Waals surface area contributed by atoms with Crippen molar-refractivity contribution >= 4 is 16.7 Å². The number of nitrogens with one attached hydrogen (secondary N) is 1. The molecule has 0 saturated carbocycles. The molecule has 0 spiro atoms. The van der Waals surface area contributed by atoms with Crippen molar-refractivity contribution in [3.05, 3.63) is 29.0 Å². The maximum absolute atomic E-state index is 11.7. The molecule has 0 saturated heterocycles. The van der Waals surface area contributed by atoms with Crippen molar-refractivity contribution < 1.29 is 9.53 Å². The van der Waals surface area contributed by atoms with Gasteiger partial charge in [-0.3, -0.25) is 4.79 Å². The lowest BCUT2D eigenvalue weighted by Gasteiger charge is -2.05. The number of hydrogen-bond acceptors (Lipinski definition) is 2. The molecule has 1 aliphatic rings. The fourth-order valence-corrected chi connectivity index (χ4v) is 2.50. The molecular weight excluding hydrogens is 202 g/mol. The Morgan fingerprint density at radius 3 is 2.88 bits per heavy atom. The first-order valence-corrected chi connectivity index (χ1v) is 5.43. The third-order valence-corrected chi connectivity index (χ3v) is 3.33. The zero-order valence-corrected chi connectivity index (χ0v) is 9.39. The molecule has 0 amide bonds. The molecule has 0 aliphatic heterocycles. The first-order valence-electron chi connectivity index (χ1n) is 5.43. The van der Waals surface area contributed by atoms with E-state index >= 15 is 0 Å². The Kier molecular flexibility index (Phi) is 1.84. The number of methoxy groups -OCH3 is 1. The van der Waals surface area contributed by atoms with Crippen LogP contribution in [0.4, 0.5) is 0 Å². The molecule has 3 heteroatoms. The number of carbonyl (C=O) groups is 1. The molecule has 3 nitrogen and oxygen atoms in total. The van der Waals surface area contributed by atoms with Crippen molar-refractivity contribution in [3.63, 3.8) is 0 Å². The number of aromatic nitrogens is 1. The highest BCUT2D eigenvalue weighted by Gasteiger charge is 2.26. The summed E-state index contributed by atoms with van der Waals surface area (Å²) < 4.78 is 5.37. The summed E-state index contributed by atoms with van der Waals surface area (Å²) in [6.45, 7) is 2.04. The molecule has 1 aromatic carbocycles. The van der Waals surface area contributed by atoms with Gasteiger partial charge in [-0.25, -0.2) is 0 Å². The number of H-pyrrole nitrogens is 1. The van der Waals surface area contributed by atoms with E-state index < -0.39 is 0 Å². The number of carbonyl (C=O) groups excluding carboxylic acids is 1. The van der Waals surface area contributed by atoms with Crippen molar-refractivity contribution in [2.24, 2.45) is 0 Å². The summed E-state index contributed by atoms with van der Waals surface area (Å²) >= 11 is 0. The number of aromatic amines is 1. The Morgan fingerprint density at radius 1 is 1.31 bits per heavy atom. The molecule has 0 radical (unpaired) electrons. The zero-order chi connectivity index (χ0) is 11.3. The second kappa shape index (κ2) is 3.11. The van der Waals surface area contributed by atoms with Crippen molar-refractivity contribution in [2.75, 3.05) is 7.11 Å². The Hall–Kier alpha value is -1.77. The molecule has 1 aromatic heterocycles. The second-order valence-electron chi connectivity index (χ2n) is 4.24. The molecule has 16 heavy (non-hydrogen) atoms. The van der Waals surface area contributed by atoms with Gasteiger partial charge in [-0.1, -0.05) is 6.07 Å². The lowest BCUT2D eigenvalue weighted by molar-refractivity contribution is 0.0991. The molecule has 1 heterocycles. The lowest BCUT2D eigenvalue weighted by atomic mass is 10.1. The van der Waals surface area contributed by atoms with Crippen LogP contribution in [0.15, 0.2) is 12.1 Å². The van der Waals surface area contributed by atoms with Gasteiger partial charge in [0.1, 0.15) is 5.75 Å². The van der Waals surface area contributed by atoms with Gasteiger partial charge in [-0.05, 0) is 30.5 Å². The fraction of sp³-hybridized carbons (Fsp3) is 0.308. The zero-order valence-electron chi connectivity index (χ0n) is 9.39. The highest BCUT2D eigenvalue weighted by atomic mass is 16.5. The maximum atomic E-state index is 11.7. The minimum atomic E-state index is 0.215. The number of hydrogen-bond donors (Lipinski definition) is 1. The van der Waals surface area contributed by atoms with E-state index in [0.717, 1.165) is 39.9 Å². The van der Waals surface area contributed by atoms with Gasteiger partial charge in [0, 0.05) is 11.8 Å². The van der Waals surface area contributed by atoms with Gasteiger partial charge in [0.25, 0.3) is 0 Å². The average Bonchev–Trinajstić information content (AvgIpc) is 2.81. The Balaban J connectivity index is 2.44. The molecule has 1 aliphatic carbocycles. The van der Waals surface area contributed by atoms with E-state index in [4.69, 9.17) is 4.74 Å². The van der Waals surface area contributed by atoms with E-state index in [1.807, 2.05) is 19.1 Å². The standard InChI is InChI=1S/C13H13NO2/c1-7-3-6-10(16-2)11-8-4-5-9(15)13(8)14-12(7)11/h3,6,14H,4-5H2,1-2H3. The largest absolute Gasteiger partial charge is 0.496 e. The Labute approximate surface area is 93.4 Å². The number of ether oxygens (including phenoxy) is 1. The fourth-order valence-electron chi connectivity index (χ4n) is 2.50. The van der Waals surface area contributed by atoms with Crippen LogP contribution >= 0.6 is 0 Å². The van der Waals surface area contributed by atoms with Gasteiger partial charge in [0.2, 0.25) is 0 Å². The van der Waals surface area contributed by atoms with Crippen molar-refractivity contribution in [3.8, 4) is 5.75 Å². The minimum absolute atomic E-state index is 0.215. The highest BCUT2D eigenvalue weighted by molar-refractivity contribution is 6.07. The summed E-state index contributed by atoms with van der Waals surface area (Å²) in [6.07, 6.45) is 1.45. The van der Waals surface area contributed by atoms with Gasteiger partial charge >= 0.3 is 0 Å². The minimum Gasteiger partial charge on any atom is -0.496 e. The third kappa shape index (κ3) is 1.06. The first-order chi connectivity index (χ1) is 7.72. The maximum Gasteiger partial charge on any atom is 0.179 e. The van der Waals surface area contributed by atoms with E-state index in [2.05, 4.69) is 4.98 Å².